The molecule has 0 fully saturated rings. The molecule has 18 heavy (non-hydrogen) atoms. The number of benzene rings is 1. The van der Waals surface area contributed by atoms with Gasteiger partial charge in [-0.3, -0.25) is 5.10 Å². The van der Waals surface area contributed by atoms with Gasteiger partial charge in [-0.2, -0.15) is 5.10 Å². The topological polar surface area (TPSA) is 63.9 Å². The van der Waals surface area contributed by atoms with E-state index in [4.69, 9.17) is 10.5 Å². The summed E-state index contributed by atoms with van der Waals surface area (Å²) in [5.41, 5.74) is 11.2. The fraction of sp³-hybridized carbons (Fsp3) is 0.357. The van der Waals surface area contributed by atoms with Gasteiger partial charge in [0.2, 0.25) is 0 Å². The summed E-state index contributed by atoms with van der Waals surface area (Å²) >= 11 is 0. The van der Waals surface area contributed by atoms with E-state index in [0.29, 0.717) is 12.4 Å². The van der Waals surface area contributed by atoms with Gasteiger partial charge in [0.15, 0.2) is 0 Å². The molecule has 0 radical (unpaired) electrons. The van der Waals surface area contributed by atoms with Gasteiger partial charge in [-0.15, -0.1) is 0 Å². The molecule has 0 unspecified atom stereocenters. The molecule has 0 aliphatic carbocycles. The number of aromatic amines is 1. The summed E-state index contributed by atoms with van der Waals surface area (Å²) in [6, 6.07) is 3.96. The number of nitrogens with one attached hydrogen (secondary N) is 1. The molecular weight excluding hydrogens is 226 g/mol. The van der Waals surface area contributed by atoms with Crippen molar-refractivity contribution >= 4 is 5.82 Å². The summed E-state index contributed by atoms with van der Waals surface area (Å²) in [6.07, 6.45) is 0. The number of H-pyrrole nitrogens is 1. The third-order valence-corrected chi connectivity index (χ3v) is 3.20. The summed E-state index contributed by atoms with van der Waals surface area (Å²) < 4.78 is 5.69. The molecule has 0 bridgehead atoms. The van der Waals surface area contributed by atoms with Gasteiger partial charge >= 0.3 is 0 Å². The summed E-state index contributed by atoms with van der Waals surface area (Å²) in [7, 11) is 0. The lowest BCUT2D eigenvalue weighted by Crippen LogP contribution is -2.00. The normalized spacial score (nSPS) is 10.7. The highest BCUT2D eigenvalue weighted by atomic mass is 16.5. The Kier molecular flexibility index (Phi) is 3.28. The molecule has 0 saturated heterocycles. The minimum atomic E-state index is 0.508. The van der Waals surface area contributed by atoms with Crippen LogP contribution in [0.1, 0.15) is 23.6 Å². The Hall–Kier alpha value is -1.97. The smallest absolute Gasteiger partial charge is 0.145 e. The highest BCUT2D eigenvalue weighted by molar-refractivity contribution is 5.70. The molecule has 0 aliphatic heterocycles. The first-order chi connectivity index (χ1) is 8.54. The Morgan fingerprint density at radius 3 is 2.50 bits per heavy atom. The van der Waals surface area contributed by atoms with Crippen molar-refractivity contribution in [3.05, 3.63) is 28.8 Å². The van der Waals surface area contributed by atoms with E-state index >= 15 is 0 Å². The van der Waals surface area contributed by atoms with Crippen LogP contribution in [0, 0.1) is 20.8 Å². The summed E-state index contributed by atoms with van der Waals surface area (Å²) in [5.74, 6) is 1.49. The van der Waals surface area contributed by atoms with Crippen LogP contribution in [0.25, 0.3) is 11.3 Å². The Balaban J connectivity index is 2.57. The van der Waals surface area contributed by atoms with Gasteiger partial charge in [0.1, 0.15) is 11.6 Å². The number of aryl methyl sites for hydroxylation is 1. The van der Waals surface area contributed by atoms with Crippen LogP contribution in [0.4, 0.5) is 5.82 Å². The van der Waals surface area contributed by atoms with Crippen LogP contribution in [-0.4, -0.2) is 16.8 Å². The first kappa shape index (κ1) is 12.5. The number of hydrogen-bond acceptors (Lipinski definition) is 3. The zero-order valence-electron chi connectivity index (χ0n) is 11.3. The second kappa shape index (κ2) is 4.72. The summed E-state index contributed by atoms with van der Waals surface area (Å²) in [4.78, 5) is 0. The molecule has 0 saturated carbocycles. The lowest BCUT2D eigenvalue weighted by Gasteiger charge is -2.16. The van der Waals surface area contributed by atoms with Crippen LogP contribution >= 0.6 is 0 Å². The third-order valence-electron chi connectivity index (χ3n) is 3.20. The molecule has 4 heteroatoms. The van der Waals surface area contributed by atoms with Gasteiger partial charge in [0.05, 0.1) is 12.3 Å². The Labute approximate surface area is 107 Å². The predicted octanol–water partition coefficient (Wildman–Crippen LogP) is 2.98. The van der Waals surface area contributed by atoms with Crippen molar-refractivity contribution in [1.82, 2.24) is 10.2 Å². The molecule has 0 aliphatic rings. The molecule has 0 amide bonds. The standard InChI is InChI=1S/C14H19N3O/c1-5-18-14-8(2)6-11(9(3)10(14)4)12-7-13(15)17-16-12/h6-7H,5H2,1-4H3,(H3,15,16,17). The maximum Gasteiger partial charge on any atom is 0.145 e. The number of nitrogen functional groups attached to an aromatic ring is 1. The summed E-state index contributed by atoms with van der Waals surface area (Å²) in [5, 5.41) is 6.93. The zero-order chi connectivity index (χ0) is 13.3. The number of ether oxygens (including phenoxy) is 1. The van der Waals surface area contributed by atoms with Crippen LogP contribution in [0.2, 0.25) is 0 Å². The van der Waals surface area contributed by atoms with Crippen molar-refractivity contribution in [2.24, 2.45) is 0 Å². The molecule has 1 aromatic carbocycles. The molecule has 0 spiro atoms. The number of aromatic nitrogens is 2. The second-order valence-electron chi connectivity index (χ2n) is 4.46. The molecule has 96 valence electrons. The van der Waals surface area contributed by atoms with Gasteiger partial charge in [-0.1, -0.05) is 0 Å². The van der Waals surface area contributed by atoms with E-state index in [2.05, 4.69) is 37.0 Å². The van der Waals surface area contributed by atoms with Gasteiger partial charge < -0.3 is 10.5 Å². The van der Waals surface area contributed by atoms with Crippen molar-refractivity contribution in [3.8, 4) is 17.0 Å². The molecule has 1 aromatic heterocycles. The molecule has 4 nitrogen and oxygen atoms in total. The first-order valence-corrected chi connectivity index (χ1v) is 6.09. The minimum Gasteiger partial charge on any atom is -0.493 e. The van der Waals surface area contributed by atoms with Gasteiger partial charge in [0, 0.05) is 11.6 Å². The second-order valence-corrected chi connectivity index (χ2v) is 4.46. The molecule has 0 atom stereocenters. The Morgan fingerprint density at radius 2 is 1.94 bits per heavy atom. The number of hydrogen-bond donors (Lipinski definition) is 2. The van der Waals surface area contributed by atoms with E-state index in [1.807, 2.05) is 13.0 Å². The lowest BCUT2D eigenvalue weighted by atomic mass is 9.96. The van der Waals surface area contributed by atoms with Crippen molar-refractivity contribution < 1.29 is 4.74 Å². The van der Waals surface area contributed by atoms with Crippen LogP contribution in [0.3, 0.4) is 0 Å². The summed E-state index contributed by atoms with van der Waals surface area (Å²) in [6.45, 7) is 8.90. The van der Waals surface area contributed by atoms with Crippen molar-refractivity contribution in [2.45, 2.75) is 27.7 Å². The maximum absolute atomic E-state index is 5.69. The molecule has 1 heterocycles. The molecule has 2 aromatic rings. The van der Waals surface area contributed by atoms with E-state index in [9.17, 15) is 0 Å². The van der Waals surface area contributed by atoms with E-state index < -0.39 is 0 Å². The van der Waals surface area contributed by atoms with Crippen LogP contribution in [-0.2, 0) is 0 Å². The van der Waals surface area contributed by atoms with Crippen molar-refractivity contribution in [2.75, 3.05) is 12.3 Å². The number of nitrogens with two attached hydrogens (primary N) is 1. The zero-order valence-corrected chi connectivity index (χ0v) is 11.3. The molecule has 3 N–H and O–H groups in total. The minimum absolute atomic E-state index is 0.508. The van der Waals surface area contributed by atoms with Crippen LogP contribution in [0.5, 0.6) is 5.75 Å². The van der Waals surface area contributed by atoms with Crippen LogP contribution in [0.15, 0.2) is 12.1 Å². The average Bonchev–Trinajstić information content (AvgIpc) is 2.76. The van der Waals surface area contributed by atoms with E-state index in [1.165, 1.54) is 11.1 Å². The monoisotopic (exact) mass is 245 g/mol. The van der Waals surface area contributed by atoms with E-state index in [-0.39, 0.29) is 0 Å². The largest absolute Gasteiger partial charge is 0.493 e. The highest BCUT2D eigenvalue weighted by Gasteiger charge is 2.13. The molecular formula is C14H19N3O. The SMILES string of the molecule is CCOc1c(C)cc(-c2cc(N)n[nH]2)c(C)c1C. The lowest BCUT2D eigenvalue weighted by molar-refractivity contribution is 0.335. The van der Waals surface area contributed by atoms with Crippen LogP contribution < -0.4 is 10.5 Å². The fourth-order valence-corrected chi connectivity index (χ4v) is 2.18. The Bertz CT molecular complexity index is 573. The fourth-order valence-electron chi connectivity index (χ4n) is 2.18. The van der Waals surface area contributed by atoms with E-state index in [0.717, 1.165) is 22.6 Å². The van der Waals surface area contributed by atoms with Crippen molar-refractivity contribution in [3.63, 3.8) is 0 Å². The van der Waals surface area contributed by atoms with Crippen molar-refractivity contribution in [1.29, 1.82) is 0 Å². The maximum atomic E-state index is 5.69. The number of rotatable bonds is 3. The highest BCUT2D eigenvalue weighted by Crippen LogP contribution is 2.33. The van der Waals surface area contributed by atoms with Gasteiger partial charge in [0.25, 0.3) is 0 Å². The molecule has 2 rings (SSSR count). The quantitative estimate of drug-likeness (QED) is 0.873. The van der Waals surface area contributed by atoms with E-state index in [1.54, 1.807) is 0 Å². The third kappa shape index (κ3) is 2.06. The van der Waals surface area contributed by atoms with Gasteiger partial charge in [-0.05, 0) is 50.5 Å². The predicted molar refractivity (Wildman–Crippen MR) is 73.8 cm³/mol. The average molecular weight is 245 g/mol. The van der Waals surface area contributed by atoms with Gasteiger partial charge in [-0.25, -0.2) is 0 Å². The first-order valence-electron chi connectivity index (χ1n) is 6.09. The number of nitrogens with zero attached hydrogens (tertiary/aromatic N) is 1. The Morgan fingerprint density at radius 1 is 1.22 bits per heavy atom. The number of anilines is 1.